The fourth-order valence-corrected chi connectivity index (χ4v) is 1.14. The number of carbonyl (C=O) groups excluding carboxylic acids is 2. The molecule has 4 heteroatoms. The molecule has 62 valence electrons. The van der Waals surface area contributed by atoms with Crippen molar-refractivity contribution in [3.05, 3.63) is 0 Å². The SMILES string of the molecule is C[C@@H]1[C@@H](C)OC(=O)[C@@H]1NC=O. The number of hydrogen-bond donors (Lipinski definition) is 1. The second kappa shape index (κ2) is 2.90. The topological polar surface area (TPSA) is 55.4 Å². The van der Waals surface area contributed by atoms with Gasteiger partial charge in [0, 0.05) is 5.92 Å². The fourth-order valence-electron chi connectivity index (χ4n) is 1.14. The van der Waals surface area contributed by atoms with Gasteiger partial charge in [0.25, 0.3) is 0 Å². The van der Waals surface area contributed by atoms with Crippen LogP contribution in [0, 0.1) is 5.92 Å². The van der Waals surface area contributed by atoms with Gasteiger partial charge in [0.1, 0.15) is 12.1 Å². The van der Waals surface area contributed by atoms with Gasteiger partial charge in [-0.1, -0.05) is 6.92 Å². The lowest BCUT2D eigenvalue weighted by atomic mass is 10.0. The van der Waals surface area contributed by atoms with Crippen molar-refractivity contribution in [2.24, 2.45) is 5.92 Å². The second-order valence-corrected chi connectivity index (χ2v) is 2.76. The minimum Gasteiger partial charge on any atom is -0.461 e. The zero-order valence-electron chi connectivity index (χ0n) is 6.53. The van der Waals surface area contributed by atoms with Crippen LogP contribution in [0.4, 0.5) is 0 Å². The summed E-state index contributed by atoms with van der Waals surface area (Å²) in [6.45, 7) is 3.69. The minimum absolute atomic E-state index is 0.0627. The maximum absolute atomic E-state index is 10.9. The summed E-state index contributed by atoms with van der Waals surface area (Å²) in [5.74, 6) is -0.273. The zero-order chi connectivity index (χ0) is 8.43. The van der Waals surface area contributed by atoms with Gasteiger partial charge >= 0.3 is 5.97 Å². The molecule has 3 atom stereocenters. The van der Waals surface area contributed by atoms with Crippen LogP contribution in [0.15, 0.2) is 0 Å². The van der Waals surface area contributed by atoms with E-state index < -0.39 is 6.04 Å². The van der Waals surface area contributed by atoms with E-state index >= 15 is 0 Å². The molecule has 1 fully saturated rings. The summed E-state index contributed by atoms with van der Waals surface area (Å²) in [6, 6.07) is -0.456. The quantitative estimate of drug-likeness (QED) is 0.441. The first kappa shape index (κ1) is 8.04. The monoisotopic (exact) mass is 157 g/mol. The summed E-state index contributed by atoms with van der Waals surface area (Å²) < 4.78 is 4.88. The van der Waals surface area contributed by atoms with E-state index in [-0.39, 0.29) is 18.0 Å². The van der Waals surface area contributed by atoms with Crippen molar-refractivity contribution in [1.82, 2.24) is 5.32 Å². The Kier molecular flexibility index (Phi) is 2.12. The molecule has 1 N–H and O–H groups in total. The third kappa shape index (κ3) is 1.34. The van der Waals surface area contributed by atoms with Gasteiger partial charge in [-0.25, -0.2) is 4.79 Å². The predicted octanol–water partition coefficient (Wildman–Crippen LogP) is -0.318. The molecule has 0 unspecified atom stereocenters. The molecule has 1 saturated heterocycles. The first-order chi connectivity index (χ1) is 5.16. The van der Waals surface area contributed by atoms with Gasteiger partial charge in [-0.3, -0.25) is 4.79 Å². The maximum atomic E-state index is 10.9. The molecular weight excluding hydrogens is 146 g/mol. The highest BCUT2D eigenvalue weighted by Gasteiger charge is 2.38. The smallest absolute Gasteiger partial charge is 0.329 e. The molecule has 1 rings (SSSR count). The zero-order valence-corrected chi connectivity index (χ0v) is 6.53. The van der Waals surface area contributed by atoms with Crippen LogP contribution in [0.1, 0.15) is 13.8 Å². The van der Waals surface area contributed by atoms with E-state index in [9.17, 15) is 9.59 Å². The molecule has 1 amide bonds. The third-order valence-electron chi connectivity index (χ3n) is 2.07. The Balaban J connectivity index is 2.63. The third-order valence-corrected chi connectivity index (χ3v) is 2.07. The molecule has 0 aromatic carbocycles. The van der Waals surface area contributed by atoms with Gasteiger partial charge in [-0.15, -0.1) is 0 Å². The van der Waals surface area contributed by atoms with Gasteiger partial charge in [-0.05, 0) is 6.92 Å². The predicted molar refractivity (Wildman–Crippen MR) is 37.7 cm³/mol. The van der Waals surface area contributed by atoms with E-state index in [4.69, 9.17) is 4.74 Å². The highest BCUT2D eigenvalue weighted by Crippen LogP contribution is 2.20. The summed E-state index contributed by atoms with van der Waals surface area (Å²) in [7, 11) is 0. The molecule has 0 aromatic rings. The summed E-state index contributed by atoms with van der Waals surface area (Å²) in [5, 5.41) is 2.42. The second-order valence-electron chi connectivity index (χ2n) is 2.76. The number of ether oxygens (including phenoxy) is 1. The van der Waals surface area contributed by atoms with Gasteiger partial charge in [0.2, 0.25) is 6.41 Å². The normalized spacial score (nSPS) is 36.5. The Labute approximate surface area is 64.9 Å². The van der Waals surface area contributed by atoms with E-state index in [2.05, 4.69) is 5.32 Å². The Morgan fingerprint density at radius 1 is 1.55 bits per heavy atom. The van der Waals surface area contributed by atoms with E-state index in [1.54, 1.807) is 0 Å². The van der Waals surface area contributed by atoms with Gasteiger partial charge in [0.05, 0.1) is 0 Å². The average Bonchev–Trinajstić information content (AvgIpc) is 2.17. The number of carbonyl (C=O) groups is 2. The average molecular weight is 157 g/mol. The highest BCUT2D eigenvalue weighted by molar-refractivity contribution is 5.80. The van der Waals surface area contributed by atoms with Crippen LogP contribution in [0.5, 0.6) is 0 Å². The van der Waals surface area contributed by atoms with Crippen LogP contribution in [-0.2, 0) is 14.3 Å². The van der Waals surface area contributed by atoms with Crippen molar-refractivity contribution < 1.29 is 14.3 Å². The molecule has 0 radical (unpaired) electrons. The lowest BCUT2D eigenvalue weighted by Gasteiger charge is -2.10. The summed E-state index contributed by atoms with van der Waals surface area (Å²) >= 11 is 0. The number of esters is 1. The molecule has 0 saturated carbocycles. The van der Waals surface area contributed by atoms with Gasteiger partial charge < -0.3 is 10.1 Å². The molecule has 0 aromatic heterocycles. The van der Waals surface area contributed by atoms with E-state index in [0.717, 1.165) is 0 Å². The standard InChI is InChI=1S/C7H11NO3/c1-4-5(2)11-7(10)6(4)8-3-9/h3-6H,1-2H3,(H,8,9)/t4-,5-,6-/m1/s1. The van der Waals surface area contributed by atoms with Gasteiger partial charge in [-0.2, -0.15) is 0 Å². The molecule has 1 aliphatic rings. The number of hydrogen-bond acceptors (Lipinski definition) is 3. The van der Waals surface area contributed by atoms with Crippen molar-refractivity contribution in [3.63, 3.8) is 0 Å². The van der Waals surface area contributed by atoms with Crippen LogP contribution in [0.2, 0.25) is 0 Å². The maximum Gasteiger partial charge on any atom is 0.329 e. The molecule has 0 spiro atoms. The lowest BCUT2D eigenvalue weighted by Crippen LogP contribution is -2.37. The van der Waals surface area contributed by atoms with Crippen molar-refractivity contribution in [1.29, 1.82) is 0 Å². The minimum atomic E-state index is -0.456. The Morgan fingerprint density at radius 3 is 2.55 bits per heavy atom. The molecule has 1 aliphatic heterocycles. The van der Waals surface area contributed by atoms with Crippen LogP contribution in [0.3, 0.4) is 0 Å². The largest absolute Gasteiger partial charge is 0.461 e. The summed E-state index contributed by atoms with van der Waals surface area (Å²) in [6.07, 6.45) is 0.431. The number of nitrogens with one attached hydrogen (secondary N) is 1. The van der Waals surface area contributed by atoms with Crippen LogP contribution in [-0.4, -0.2) is 24.5 Å². The molecule has 0 bridgehead atoms. The van der Waals surface area contributed by atoms with Crippen molar-refractivity contribution >= 4 is 12.4 Å². The van der Waals surface area contributed by atoms with E-state index in [1.807, 2.05) is 13.8 Å². The molecule has 11 heavy (non-hydrogen) atoms. The van der Waals surface area contributed by atoms with E-state index in [0.29, 0.717) is 6.41 Å². The first-order valence-electron chi connectivity index (χ1n) is 3.57. The fraction of sp³-hybridized carbons (Fsp3) is 0.714. The Hall–Kier alpha value is -1.06. The number of amides is 1. The summed E-state index contributed by atoms with van der Waals surface area (Å²) in [5.41, 5.74) is 0. The van der Waals surface area contributed by atoms with Crippen molar-refractivity contribution in [3.8, 4) is 0 Å². The van der Waals surface area contributed by atoms with Crippen LogP contribution < -0.4 is 5.32 Å². The van der Waals surface area contributed by atoms with E-state index in [1.165, 1.54) is 0 Å². The van der Waals surface area contributed by atoms with Crippen LogP contribution in [0.25, 0.3) is 0 Å². The molecule has 0 aliphatic carbocycles. The van der Waals surface area contributed by atoms with Crippen molar-refractivity contribution in [2.45, 2.75) is 26.0 Å². The van der Waals surface area contributed by atoms with Gasteiger partial charge in [0.15, 0.2) is 0 Å². The number of cyclic esters (lactones) is 1. The highest BCUT2D eigenvalue weighted by atomic mass is 16.6. The Bertz CT molecular complexity index is 181. The van der Waals surface area contributed by atoms with Crippen LogP contribution >= 0.6 is 0 Å². The lowest BCUT2D eigenvalue weighted by molar-refractivity contribution is -0.143. The molecule has 4 nitrogen and oxygen atoms in total. The number of rotatable bonds is 2. The Morgan fingerprint density at radius 2 is 2.18 bits per heavy atom. The summed E-state index contributed by atoms with van der Waals surface area (Å²) in [4.78, 5) is 21.0. The molecular formula is C7H11NO3. The first-order valence-corrected chi connectivity index (χ1v) is 3.57. The molecule has 1 heterocycles. The van der Waals surface area contributed by atoms with Crippen molar-refractivity contribution in [2.75, 3.05) is 0 Å².